The zero-order valence-electron chi connectivity index (χ0n) is 27.3. The number of ketones is 1. The number of para-hydroxylation sites is 3. The molecule has 1 saturated heterocycles. The van der Waals surface area contributed by atoms with Crippen molar-refractivity contribution in [3.05, 3.63) is 101 Å². The molecule has 2 heterocycles. The first-order valence-electron chi connectivity index (χ1n) is 16.1. The van der Waals surface area contributed by atoms with E-state index in [1.165, 1.54) is 5.56 Å². The van der Waals surface area contributed by atoms with E-state index in [1.54, 1.807) is 14.2 Å². The summed E-state index contributed by atoms with van der Waals surface area (Å²) in [4.78, 5) is 34.7. The van der Waals surface area contributed by atoms with E-state index < -0.39 is 6.04 Å². The van der Waals surface area contributed by atoms with Crippen LogP contribution in [0.25, 0.3) is 6.08 Å². The van der Waals surface area contributed by atoms with Crippen molar-refractivity contribution in [2.45, 2.75) is 32.7 Å². The van der Waals surface area contributed by atoms with Crippen LogP contribution in [-0.4, -0.2) is 75.0 Å². The minimum atomic E-state index is -0.548. The van der Waals surface area contributed by atoms with Crippen molar-refractivity contribution in [1.29, 1.82) is 0 Å². The summed E-state index contributed by atoms with van der Waals surface area (Å²) in [5.41, 5.74) is 5.12. The Balaban J connectivity index is 1.31. The van der Waals surface area contributed by atoms with Crippen LogP contribution < -0.4 is 19.7 Å². The van der Waals surface area contributed by atoms with Crippen LogP contribution in [0.15, 0.2) is 90.1 Å². The predicted molar refractivity (Wildman–Crippen MR) is 183 cm³/mol. The normalized spacial score (nSPS) is 19.7. The number of hydrogen-bond donors (Lipinski definition) is 1. The Morgan fingerprint density at radius 1 is 0.913 bits per heavy atom. The molecule has 1 aliphatic carbocycles. The molecule has 1 N–H and O–H groups in total. The van der Waals surface area contributed by atoms with E-state index in [2.05, 4.69) is 53.2 Å². The lowest BCUT2D eigenvalue weighted by atomic mass is 9.73. The minimum Gasteiger partial charge on any atom is -0.493 e. The SMILES string of the molecule is COc1cccc(C2C3=C(CC(C)(C)CC3=O)Nc3ccccc3N2CC(=O)N2CCN(C/C=C/c3ccccc3)CC2)c1OC. The lowest BCUT2D eigenvalue weighted by Crippen LogP contribution is -2.51. The Morgan fingerprint density at radius 3 is 2.39 bits per heavy atom. The highest BCUT2D eigenvalue weighted by atomic mass is 16.5. The molecule has 0 radical (unpaired) electrons. The van der Waals surface area contributed by atoms with E-state index in [-0.39, 0.29) is 23.7 Å². The van der Waals surface area contributed by atoms with Gasteiger partial charge in [-0.3, -0.25) is 14.5 Å². The second-order valence-corrected chi connectivity index (χ2v) is 13.1. The Morgan fingerprint density at radius 2 is 1.65 bits per heavy atom. The number of rotatable bonds is 8. The average Bonchev–Trinajstić information content (AvgIpc) is 3.18. The lowest BCUT2D eigenvalue weighted by molar-refractivity contribution is -0.131. The third kappa shape index (κ3) is 6.53. The first-order valence-corrected chi connectivity index (χ1v) is 16.1. The molecule has 3 aliphatic rings. The molecule has 0 bridgehead atoms. The van der Waals surface area contributed by atoms with Crippen molar-refractivity contribution in [1.82, 2.24) is 9.80 Å². The van der Waals surface area contributed by atoms with E-state index in [0.29, 0.717) is 43.0 Å². The molecule has 1 amide bonds. The van der Waals surface area contributed by atoms with Gasteiger partial charge in [-0.25, -0.2) is 0 Å². The summed E-state index contributed by atoms with van der Waals surface area (Å²) >= 11 is 0. The number of carbonyl (C=O) groups is 2. The first kappa shape index (κ1) is 31.4. The van der Waals surface area contributed by atoms with E-state index >= 15 is 0 Å². The van der Waals surface area contributed by atoms with Gasteiger partial charge in [0.1, 0.15) is 0 Å². The largest absolute Gasteiger partial charge is 0.493 e. The zero-order valence-corrected chi connectivity index (χ0v) is 27.3. The second kappa shape index (κ2) is 13.4. The summed E-state index contributed by atoms with van der Waals surface area (Å²) in [7, 11) is 3.23. The van der Waals surface area contributed by atoms with Gasteiger partial charge in [-0.15, -0.1) is 0 Å². The molecule has 8 heteroatoms. The minimum absolute atomic E-state index is 0.0359. The molecule has 2 aliphatic heterocycles. The van der Waals surface area contributed by atoms with E-state index in [0.717, 1.165) is 42.3 Å². The average molecular weight is 621 g/mol. The number of nitrogens with one attached hydrogen (secondary N) is 1. The Labute approximate surface area is 272 Å². The standard InChI is InChI=1S/C38H44N4O4/c1-38(2)24-30-35(32(43)25-38)36(28-15-10-18-33(45-3)37(28)46-4)42(31-17-9-8-16-29(31)39-30)26-34(44)41-22-20-40(21-23-41)19-11-14-27-12-6-5-7-13-27/h5-18,36,39H,19-26H2,1-4H3/b14-11+. The molecule has 46 heavy (non-hydrogen) atoms. The van der Waals surface area contributed by atoms with Gasteiger partial charge in [-0.1, -0.05) is 80.6 Å². The number of carbonyl (C=O) groups excluding carboxylic acids is 2. The van der Waals surface area contributed by atoms with E-state index in [1.807, 2.05) is 65.6 Å². The van der Waals surface area contributed by atoms with Crippen LogP contribution in [0, 0.1) is 5.41 Å². The quantitative estimate of drug-likeness (QED) is 0.323. The first-order chi connectivity index (χ1) is 22.3. The van der Waals surface area contributed by atoms with Gasteiger partial charge in [0.2, 0.25) is 5.91 Å². The summed E-state index contributed by atoms with van der Waals surface area (Å²) in [6.45, 7) is 8.14. The smallest absolute Gasteiger partial charge is 0.242 e. The molecule has 0 spiro atoms. The summed E-state index contributed by atoms with van der Waals surface area (Å²) in [6, 6.07) is 23.5. The monoisotopic (exact) mass is 620 g/mol. The maximum Gasteiger partial charge on any atom is 0.242 e. The van der Waals surface area contributed by atoms with Gasteiger partial charge in [0.25, 0.3) is 0 Å². The van der Waals surface area contributed by atoms with Gasteiger partial charge in [-0.2, -0.15) is 0 Å². The number of allylic oxidation sites excluding steroid dienone is 1. The number of methoxy groups -OCH3 is 2. The summed E-state index contributed by atoms with van der Waals surface area (Å²) < 4.78 is 11.6. The maximum absolute atomic E-state index is 14.2. The third-order valence-electron chi connectivity index (χ3n) is 9.24. The number of piperazine rings is 1. The van der Waals surface area contributed by atoms with Gasteiger partial charge < -0.3 is 24.6 Å². The van der Waals surface area contributed by atoms with Gasteiger partial charge >= 0.3 is 0 Å². The number of hydrogen-bond acceptors (Lipinski definition) is 7. The molecule has 8 nitrogen and oxygen atoms in total. The fraction of sp³-hybridized carbons (Fsp3) is 0.368. The van der Waals surface area contributed by atoms with E-state index in [9.17, 15) is 9.59 Å². The molecule has 3 aromatic rings. The van der Waals surface area contributed by atoms with Crippen molar-refractivity contribution >= 4 is 29.1 Å². The Hall–Kier alpha value is -4.56. The molecule has 0 aromatic heterocycles. The van der Waals surface area contributed by atoms with Gasteiger partial charge in [0.15, 0.2) is 17.3 Å². The van der Waals surface area contributed by atoms with Crippen LogP contribution in [0.2, 0.25) is 0 Å². The molecule has 3 aromatic carbocycles. The maximum atomic E-state index is 14.2. The zero-order chi connectivity index (χ0) is 32.3. The topological polar surface area (TPSA) is 74.4 Å². The lowest BCUT2D eigenvalue weighted by Gasteiger charge is -2.40. The van der Waals surface area contributed by atoms with E-state index in [4.69, 9.17) is 9.47 Å². The second-order valence-electron chi connectivity index (χ2n) is 13.1. The molecule has 6 rings (SSSR count). The highest BCUT2D eigenvalue weighted by Gasteiger charge is 2.43. The van der Waals surface area contributed by atoms with Crippen molar-refractivity contribution in [2.24, 2.45) is 5.41 Å². The van der Waals surface area contributed by atoms with Crippen LogP contribution in [0.5, 0.6) is 11.5 Å². The van der Waals surface area contributed by atoms with Gasteiger partial charge in [0.05, 0.1) is 38.2 Å². The van der Waals surface area contributed by atoms with Crippen molar-refractivity contribution in [3.63, 3.8) is 0 Å². The number of benzene rings is 3. The number of amides is 1. The van der Waals surface area contributed by atoms with Crippen molar-refractivity contribution < 1.29 is 19.1 Å². The summed E-state index contributed by atoms with van der Waals surface area (Å²) in [5, 5.41) is 3.64. The molecule has 1 fully saturated rings. The third-order valence-corrected chi connectivity index (χ3v) is 9.24. The highest BCUT2D eigenvalue weighted by molar-refractivity contribution is 6.02. The number of nitrogens with zero attached hydrogens (tertiary/aromatic N) is 3. The molecule has 240 valence electrons. The number of fused-ring (bicyclic) bond motifs is 1. The van der Waals surface area contributed by atoms with Crippen molar-refractivity contribution in [3.8, 4) is 11.5 Å². The molecular weight excluding hydrogens is 576 g/mol. The number of ether oxygens (including phenoxy) is 2. The molecule has 1 unspecified atom stereocenters. The number of Topliss-reactive ketones (excluding diaryl/α,β-unsaturated/α-hetero) is 1. The van der Waals surface area contributed by atoms with Crippen LogP contribution >= 0.6 is 0 Å². The fourth-order valence-electron chi connectivity index (χ4n) is 7.01. The summed E-state index contributed by atoms with van der Waals surface area (Å²) in [6.07, 6.45) is 5.47. The number of anilines is 2. The molecule has 1 atom stereocenters. The predicted octanol–water partition coefficient (Wildman–Crippen LogP) is 6.18. The Kier molecular flexibility index (Phi) is 9.17. The van der Waals surface area contributed by atoms with Gasteiger partial charge in [0, 0.05) is 56.0 Å². The van der Waals surface area contributed by atoms with Crippen LogP contribution in [0.4, 0.5) is 11.4 Å². The molecular formula is C38H44N4O4. The fourth-order valence-corrected chi connectivity index (χ4v) is 7.01. The summed E-state index contributed by atoms with van der Waals surface area (Å²) in [5.74, 6) is 1.26. The Bertz CT molecular complexity index is 1640. The van der Waals surface area contributed by atoms with Gasteiger partial charge in [-0.05, 0) is 35.6 Å². The highest BCUT2D eigenvalue weighted by Crippen LogP contribution is 2.50. The van der Waals surface area contributed by atoms with Crippen molar-refractivity contribution in [2.75, 3.05) is 63.7 Å². The molecule has 0 saturated carbocycles. The van der Waals surface area contributed by atoms with Crippen LogP contribution in [0.1, 0.15) is 43.9 Å². The van der Waals surface area contributed by atoms with Crippen LogP contribution in [-0.2, 0) is 9.59 Å². The van der Waals surface area contributed by atoms with Crippen LogP contribution in [0.3, 0.4) is 0 Å².